The smallest absolute Gasteiger partial charge is 0.261 e. The predicted octanol–water partition coefficient (Wildman–Crippen LogP) is 11.8. The van der Waals surface area contributed by atoms with Gasteiger partial charge in [0.25, 0.3) is 6.64 Å². The summed E-state index contributed by atoms with van der Waals surface area (Å²) in [6.07, 6.45) is 47.8. The number of rotatable bonds is 38. The largest absolute Gasteiger partial charge is 1.00 e. The quantitative estimate of drug-likeness (QED) is 0.0290. The van der Waals surface area contributed by atoms with Crippen LogP contribution in [0.15, 0.2) is 24.3 Å². The molecule has 0 atom stereocenters. The Morgan fingerprint density at radius 3 is 1.08 bits per heavy atom. The molecule has 7 heteroatoms. The minimum absolute atomic E-state index is 0. The summed E-state index contributed by atoms with van der Waals surface area (Å²) in [5, 5.41) is 3.56. The molecule has 3 nitrogen and oxygen atoms in total. The Hall–Kier alpha value is 1.17. The molecule has 0 aliphatic carbocycles. The van der Waals surface area contributed by atoms with Crippen molar-refractivity contribution >= 4 is 25.7 Å². The lowest BCUT2D eigenvalue weighted by molar-refractivity contribution is -0.0000125. The van der Waals surface area contributed by atoms with E-state index in [9.17, 15) is 0 Å². The Labute approximate surface area is 325 Å². The minimum atomic E-state index is -2.40. The molecular weight excluding hydrogens is 759 g/mol. The normalized spacial score (nSPS) is 12.4. The molecule has 0 amide bonds. The highest BCUT2D eigenvalue weighted by atomic mass is 127. The second-order valence-corrected chi connectivity index (χ2v) is 23.3. The molecule has 48 heavy (non-hydrogen) atoms. The number of hydrogen-bond donors (Lipinski definition) is 1. The van der Waals surface area contributed by atoms with Crippen molar-refractivity contribution in [2.45, 2.75) is 194 Å². The fourth-order valence-electron chi connectivity index (χ4n) is 5.72. The second-order valence-electron chi connectivity index (χ2n) is 15.0. The van der Waals surface area contributed by atoms with Crippen LogP contribution >= 0.6 is 13.9 Å². The number of hydrogen-bond acceptors (Lipinski definition) is 3. The zero-order chi connectivity index (χ0) is 34.6. The number of nitrogens with one attached hydrogen (secondary N) is 1. The van der Waals surface area contributed by atoms with E-state index in [2.05, 4.69) is 63.2 Å². The zero-order valence-corrected chi connectivity index (χ0v) is 37.7. The zero-order valence-electron chi connectivity index (χ0n) is 32.9. The highest BCUT2D eigenvalue weighted by molar-refractivity contribution is 8.09. The topological polar surface area (TPSA) is 30.5 Å². The van der Waals surface area contributed by atoms with Crippen molar-refractivity contribution in [1.29, 1.82) is 0 Å². The lowest BCUT2D eigenvalue weighted by atomic mass is 10.1. The summed E-state index contributed by atoms with van der Waals surface area (Å²) in [4.78, 5) is 0. The summed E-state index contributed by atoms with van der Waals surface area (Å²) in [7, 11) is -0.843. The van der Waals surface area contributed by atoms with Crippen LogP contribution in [0.3, 0.4) is 0 Å². The maximum absolute atomic E-state index is 6.28. The van der Waals surface area contributed by atoms with E-state index in [0.717, 1.165) is 32.6 Å². The fourth-order valence-corrected chi connectivity index (χ4v) is 8.78. The Balaban J connectivity index is 0. The van der Waals surface area contributed by atoms with E-state index in [1.165, 1.54) is 173 Å². The van der Waals surface area contributed by atoms with Gasteiger partial charge in [0, 0.05) is 33.8 Å². The monoisotopic (exact) mass is 843 g/mol. The van der Waals surface area contributed by atoms with Crippen LogP contribution in [0.4, 0.5) is 0 Å². The van der Waals surface area contributed by atoms with Crippen molar-refractivity contribution in [3.8, 4) is 0 Å². The first-order valence-electron chi connectivity index (χ1n) is 20.6. The fraction of sp³-hybridized carbons (Fsp3) is 0.902. The van der Waals surface area contributed by atoms with Gasteiger partial charge in [-0.2, -0.15) is 0 Å². The van der Waals surface area contributed by atoms with Gasteiger partial charge in [0.15, 0.2) is 0 Å². The van der Waals surface area contributed by atoms with Crippen molar-refractivity contribution in [2.75, 3.05) is 45.9 Å². The van der Waals surface area contributed by atoms with E-state index >= 15 is 0 Å². The van der Waals surface area contributed by atoms with Crippen molar-refractivity contribution in [3.05, 3.63) is 24.3 Å². The van der Waals surface area contributed by atoms with E-state index < -0.39 is 13.9 Å². The van der Waals surface area contributed by atoms with E-state index in [1.54, 1.807) is 0 Å². The minimum Gasteiger partial charge on any atom is -1.00 e. The number of allylic oxidation sites excluding steroid dienone is 4. The molecule has 0 saturated heterocycles. The maximum Gasteiger partial charge on any atom is 0.261 e. The third kappa shape index (κ3) is 41.6. The lowest BCUT2D eigenvalue weighted by Gasteiger charge is -2.24. The molecule has 0 unspecified atom stereocenters. The van der Waals surface area contributed by atoms with Crippen LogP contribution in [0.25, 0.3) is 0 Å². The second kappa shape index (κ2) is 39.4. The molecule has 0 rings (SSSR count). The van der Waals surface area contributed by atoms with Crippen LogP contribution < -0.4 is 29.1 Å². The van der Waals surface area contributed by atoms with Crippen molar-refractivity contribution in [1.82, 2.24) is 5.09 Å². The summed E-state index contributed by atoms with van der Waals surface area (Å²) in [5.41, 5.74) is 0. The first kappa shape index (κ1) is 51.3. The van der Waals surface area contributed by atoms with Gasteiger partial charge in [-0.15, -0.1) is 0 Å². The molecule has 0 bridgehead atoms. The Bertz CT molecular complexity index is 696. The van der Waals surface area contributed by atoms with Crippen molar-refractivity contribution in [3.63, 3.8) is 0 Å². The molecule has 0 aliphatic heterocycles. The van der Waals surface area contributed by atoms with Crippen molar-refractivity contribution < 1.29 is 33.0 Å². The molecule has 0 aromatic heterocycles. The van der Waals surface area contributed by atoms with Crippen LogP contribution in [0.5, 0.6) is 0 Å². The van der Waals surface area contributed by atoms with Crippen molar-refractivity contribution in [2.24, 2.45) is 0 Å². The molecule has 0 aliphatic rings. The summed E-state index contributed by atoms with van der Waals surface area (Å²) in [6.45, 7) is 11.7. The summed E-state index contributed by atoms with van der Waals surface area (Å²) < 4.78 is 12.6. The number of unbranched alkanes of at least 4 members (excludes halogenated alkanes) is 24. The molecule has 0 spiro atoms. The van der Waals surface area contributed by atoms with Gasteiger partial charge in [-0.05, 0) is 76.0 Å². The lowest BCUT2D eigenvalue weighted by Crippen LogP contribution is -3.00. The molecule has 0 radical (unpaired) electrons. The standard InChI is InChI=1S/C41H84NO2P2S.HI/c1-6-8-10-12-14-16-18-20-22-24-26-28-30-32-34-36-39-43-46(47,42-38-41-45(3,4)5)44-40-37-35-33-31-29-27-25-23-21-19-17-15-13-11-9-7-2;/h20-23H,6-19,24-41H2,1-5H3,(H,42,47);1H/q+1;/p-1/b22-20-,23-21-;. The summed E-state index contributed by atoms with van der Waals surface area (Å²) >= 11 is 5.97. The Morgan fingerprint density at radius 1 is 0.479 bits per heavy atom. The van der Waals surface area contributed by atoms with E-state index in [1.807, 2.05) is 0 Å². The third-order valence-electron chi connectivity index (χ3n) is 8.92. The van der Waals surface area contributed by atoms with Crippen LogP contribution in [0.1, 0.15) is 194 Å². The Kier molecular flexibility index (Phi) is 42.1. The van der Waals surface area contributed by atoms with Gasteiger partial charge in [-0.3, -0.25) is 0 Å². The molecule has 1 N–H and O–H groups in total. The van der Waals surface area contributed by atoms with Gasteiger partial charge < -0.3 is 33.0 Å². The summed E-state index contributed by atoms with van der Waals surface area (Å²) in [5.74, 6) is 0. The molecule has 0 fully saturated rings. The molecule has 0 aromatic rings. The van der Waals surface area contributed by atoms with E-state index in [-0.39, 0.29) is 24.0 Å². The molecule has 0 aromatic carbocycles. The average molecular weight is 844 g/mol. The SMILES string of the molecule is CCCCCCCC/C=C\CCCCCCCCOP(=S)(NCC[P+](C)(C)C)OCCCCCCCC/C=C\CCCCCCCC.[I-]. The molecule has 0 heterocycles. The van der Waals surface area contributed by atoms with Crippen LogP contribution in [0.2, 0.25) is 0 Å². The molecular formula is C41H84INO2P2S. The summed E-state index contributed by atoms with van der Waals surface area (Å²) in [6, 6.07) is 0. The Morgan fingerprint density at radius 2 is 0.771 bits per heavy atom. The average Bonchev–Trinajstić information content (AvgIpc) is 3.03. The van der Waals surface area contributed by atoms with Gasteiger partial charge in [0.2, 0.25) is 0 Å². The number of halogens is 1. The van der Waals surface area contributed by atoms with Gasteiger partial charge in [0.05, 0.1) is 19.4 Å². The van der Waals surface area contributed by atoms with Gasteiger partial charge in [0.1, 0.15) is 0 Å². The maximum atomic E-state index is 6.28. The molecule has 288 valence electrons. The first-order chi connectivity index (χ1) is 22.8. The van der Waals surface area contributed by atoms with E-state index in [4.69, 9.17) is 20.9 Å². The highest BCUT2D eigenvalue weighted by Crippen LogP contribution is 2.48. The van der Waals surface area contributed by atoms with E-state index in [0.29, 0.717) is 0 Å². The molecule has 0 saturated carbocycles. The van der Waals surface area contributed by atoms with Gasteiger partial charge in [-0.1, -0.05) is 154 Å². The van der Waals surface area contributed by atoms with Crippen LogP contribution in [0, 0.1) is 0 Å². The van der Waals surface area contributed by atoms with Gasteiger partial charge >= 0.3 is 0 Å². The predicted molar refractivity (Wildman–Crippen MR) is 223 cm³/mol. The van der Waals surface area contributed by atoms with Gasteiger partial charge in [-0.25, -0.2) is 5.09 Å². The highest BCUT2D eigenvalue weighted by Gasteiger charge is 2.22. The van der Waals surface area contributed by atoms with Crippen LogP contribution in [-0.4, -0.2) is 45.9 Å². The first-order valence-corrected chi connectivity index (χ1v) is 26.5. The van der Waals surface area contributed by atoms with Crippen LogP contribution in [-0.2, 0) is 20.9 Å². The third-order valence-corrected chi connectivity index (χ3v) is 13.2.